The number of allylic oxidation sites excluding steroid dienone is 2. The number of aryl methyl sites for hydroxylation is 1. The zero-order valence-corrected chi connectivity index (χ0v) is 18.3. The summed E-state index contributed by atoms with van der Waals surface area (Å²) in [6.45, 7) is 3.55. The van der Waals surface area contributed by atoms with Gasteiger partial charge in [0.2, 0.25) is 0 Å². The molecule has 4 rings (SSSR count). The van der Waals surface area contributed by atoms with E-state index in [1.54, 1.807) is 20.1 Å². The summed E-state index contributed by atoms with van der Waals surface area (Å²) in [6.07, 6.45) is 3.72. The molecule has 2 aliphatic rings. The van der Waals surface area contributed by atoms with Crippen LogP contribution >= 0.6 is 0 Å². The van der Waals surface area contributed by atoms with Crippen LogP contribution in [-0.4, -0.2) is 37.7 Å². The molecule has 0 aromatic heterocycles. The standard InChI is InChI=1S/C25H29N3O2/c1-16(14-17(2)29)28-25(19-6-10-20(11-7-19)27(3)4)22-13-9-18-8-12-21(30-5)15-23(18)24(22)26-28/h6-8,10-12,14-15,22,25H,9,13H2,1-5H3/b16-14+/t22-,25+/m0/s1. The molecule has 0 spiro atoms. The third kappa shape index (κ3) is 3.60. The quantitative estimate of drug-likeness (QED) is 0.686. The number of anilines is 1. The Morgan fingerprint density at radius 1 is 1.17 bits per heavy atom. The Labute approximate surface area is 178 Å². The van der Waals surface area contributed by atoms with Crippen LogP contribution in [0.3, 0.4) is 0 Å². The number of ether oxygens (including phenoxy) is 1. The Kier molecular flexibility index (Phi) is 5.37. The van der Waals surface area contributed by atoms with Gasteiger partial charge in [0, 0.05) is 43.0 Å². The highest BCUT2D eigenvalue weighted by Crippen LogP contribution is 2.45. The van der Waals surface area contributed by atoms with E-state index in [0.717, 1.165) is 30.0 Å². The first-order chi connectivity index (χ1) is 14.4. The van der Waals surface area contributed by atoms with Gasteiger partial charge in [0.1, 0.15) is 5.75 Å². The van der Waals surface area contributed by atoms with Crippen molar-refractivity contribution >= 4 is 17.2 Å². The van der Waals surface area contributed by atoms with Gasteiger partial charge in [-0.1, -0.05) is 18.2 Å². The summed E-state index contributed by atoms with van der Waals surface area (Å²) >= 11 is 0. The molecule has 0 N–H and O–H groups in total. The van der Waals surface area contributed by atoms with Gasteiger partial charge in [0.05, 0.1) is 18.9 Å². The van der Waals surface area contributed by atoms with Crippen LogP contribution < -0.4 is 9.64 Å². The van der Waals surface area contributed by atoms with E-state index in [1.165, 1.54) is 22.4 Å². The summed E-state index contributed by atoms with van der Waals surface area (Å²) < 4.78 is 5.47. The third-order valence-corrected chi connectivity index (χ3v) is 6.05. The largest absolute Gasteiger partial charge is 0.497 e. The van der Waals surface area contributed by atoms with Crippen molar-refractivity contribution in [1.82, 2.24) is 5.01 Å². The van der Waals surface area contributed by atoms with Gasteiger partial charge in [-0.2, -0.15) is 5.10 Å². The van der Waals surface area contributed by atoms with Crippen LogP contribution in [-0.2, 0) is 11.2 Å². The smallest absolute Gasteiger partial charge is 0.154 e. The molecule has 156 valence electrons. The number of hydrazone groups is 1. The van der Waals surface area contributed by atoms with E-state index in [1.807, 2.05) is 32.1 Å². The van der Waals surface area contributed by atoms with Gasteiger partial charge in [-0.15, -0.1) is 0 Å². The molecule has 0 bridgehead atoms. The molecule has 0 radical (unpaired) electrons. The molecule has 2 atom stereocenters. The molecule has 2 aromatic rings. The summed E-state index contributed by atoms with van der Waals surface area (Å²) in [5, 5.41) is 7.10. The van der Waals surface area contributed by atoms with Crippen molar-refractivity contribution in [3.63, 3.8) is 0 Å². The van der Waals surface area contributed by atoms with E-state index in [4.69, 9.17) is 9.84 Å². The number of rotatable bonds is 5. The van der Waals surface area contributed by atoms with Crippen molar-refractivity contribution in [2.45, 2.75) is 32.7 Å². The van der Waals surface area contributed by atoms with Crippen molar-refractivity contribution in [2.24, 2.45) is 11.0 Å². The highest BCUT2D eigenvalue weighted by molar-refractivity contribution is 6.06. The van der Waals surface area contributed by atoms with E-state index < -0.39 is 0 Å². The number of ketones is 1. The summed E-state index contributed by atoms with van der Waals surface area (Å²) in [6, 6.07) is 15.0. The first kappa shape index (κ1) is 20.2. The fourth-order valence-corrected chi connectivity index (χ4v) is 4.57. The lowest BCUT2D eigenvalue weighted by atomic mass is 9.77. The number of methoxy groups -OCH3 is 1. The van der Waals surface area contributed by atoms with Crippen LogP contribution in [0.25, 0.3) is 0 Å². The molecular formula is C25H29N3O2. The Morgan fingerprint density at radius 3 is 2.53 bits per heavy atom. The fraction of sp³-hybridized carbons (Fsp3) is 0.360. The Bertz CT molecular complexity index is 1020. The number of benzene rings is 2. The average Bonchev–Trinajstić information content (AvgIpc) is 3.13. The van der Waals surface area contributed by atoms with Gasteiger partial charge in [-0.05, 0) is 62.1 Å². The van der Waals surface area contributed by atoms with Crippen molar-refractivity contribution in [2.75, 3.05) is 26.1 Å². The number of hydrogen-bond donors (Lipinski definition) is 0. The van der Waals surface area contributed by atoms with Crippen molar-refractivity contribution in [3.05, 3.63) is 70.9 Å². The van der Waals surface area contributed by atoms with Gasteiger partial charge < -0.3 is 9.64 Å². The monoisotopic (exact) mass is 403 g/mol. The van der Waals surface area contributed by atoms with E-state index in [-0.39, 0.29) is 17.7 Å². The molecule has 30 heavy (non-hydrogen) atoms. The normalized spacial score (nSPS) is 20.4. The van der Waals surface area contributed by atoms with E-state index >= 15 is 0 Å². The highest BCUT2D eigenvalue weighted by Gasteiger charge is 2.42. The van der Waals surface area contributed by atoms with Crippen LogP contribution in [0.4, 0.5) is 5.69 Å². The first-order valence-electron chi connectivity index (χ1n) is 10.4. The SMILES string of the molecule is COc1ccc2c(c1)C1=NN(/C(C)=C/C(C)=O)[C@H](c3ccc(N(C)C)cc3)[C@H]1CC2. The van der Waals surface area contributed by atoms with Gasteiger partial charge in [-0.3, -0.25) is 9.80 Å². The molecule has 5 heteroatoms. The van der Waals surface area contributed by atoms with Crippen molar-refractivity contribution in [1.29, 1.82) is 0 Å². The number of fused-ring (bicyclic) bond motifs is 3. The maximum Gasteiger partial charge on any atom is 0.154 e. The molecule has 1 aliphatic heterocycles. The van der Waals surface area contributed by atoms with E-state index in [9.17, 15) is 4.79 Å². The second-order valence-electron chi connectivity index (χ2n) is 8.33. The molecule has 1 aliphatic carbocycles. The zero-order valence-electron chi connectivity index (χ0n) is 18.3. The zero-order chi connectivity index (χ0) is 21.4. The molecule has 0 unspecified atom stereocenters. The summed E-state index contributed by atoms with van der Waals surface area (Å²) in [5.41, 5.74) is 6.82. The average molecular weight is 404 g/mol. The second-order valence-corrected chi connectivity index (χ2v) is 8.33. The third-order valence-electron chi connectivity index (χ3n) is 6.05. The topological polar surface area (TPSA) is 45.1 Å². The molecular weight excluding hydrogens is 374 g/mol. The lowest BCUT2D eigenvalue weighted by Gasteiger charge is -2.31. The molecule has 5 nitrogen and oxygen atoms in total. The van der Waals surface area contributed by atoms with Crippen LogP contribution in [0, 0.1) is 5.92 Å². The molecule has 0 fully saturated rings. The molecule has 0 amide bonds. The van der Waals surface area contributed by atoms with E-state index in [0.29, 0.717) is 0 Å². The maximum atomic E-state index is 11.8. The Morgan fingerprint density at radius 2 is 1.90 bits per heavy atom. The lowest BCUT2D eigenvalue weighted by molar-refractivity contribution is -0.112. The molecule has 1 heterocycles. The van der Waals surface area contributed by atoms with Crippen LogP contribution in [0.2, 0.25) is 0 Å². The number of hydrogen-bond acceptors (Lipinski definition) is 5. The highest BCUT2D eigenvalue weighted by atomic mass is 16.5. The fourth-order valence-electron chi connectivity index (χ4n) is 4.57. The van der Waals surface area contributed by atoms with Gasteiger partial charge in [-0.25, -0.2) is 0 Å². The molecule has 0 saturated heterocycles. The van der Waals surface area contributed by atoms with E-state index in [2.05, 4.69) is 41.3 Å². The van der Waals surface area contributed by atoms with Crippen molar-refractivity contribution < 1.29 is 9.53 Å². The Balaban J connectivity index is 1.80. The van der Waals surface area contributed by atoms with Crippen molar-refractivity contribution in [3.8, 4) is 5.75 Å². The van der Waals surface area contributed by atoms with Gasteiger partial charge >= 0.3 is 0 Å². The molecule has 2 aromatic carbocycles. The minimum Gasteiger partial charge on any atom is -0.497 e. The minimum atomic E-state index is 0.0337. The summed E-state index contributed by atoms with van der Waals surface area (Å²) in [4.78, 5) is 13.9. The minimum absolute atomic E-state index is 0.0337. The predicted octanol–water partition coefficient (Wildman–Crippen LogP) is 4.58. The van der Waals surface area contributed by atoms with Crippen LogP contribution in [0.5, 0.6) is 5.75 Å². The van der Waals surface area contributed by atoms with Crippen LogP contribution in [0.1, 0.15) is 43.0 Å². The maximum absolute atomic E-state index is 11.8. The van der Waals surface area contributed by atoms with Gasteiger partial charge in [0.15, 0.2) is 5.78 Å². The Hall–Kier alpha value is -3.08. The number of carbonyl (C=O) groups excluding carboxylic acids is 1. The first-order valence-corrected chi connectivity index (χ1v) is 10.4. The van der Waals surface area contributed by atoms with Gasteiger partial charge in [0.25, 0.3) is 0 Å². The second kappa shape index (κ2) is 7.98. The number of carbonyl (C=O) groups is 1. The predicted molar refractivity (Wildman–Crippen MR) is 121 cm³/mol. The summed E-state index contributed by atoms with van der Waals surface area (Å²) in [7, 11) is 5.78. The van der Waals surface area contributed by atoms with Crippen LogP contribution in [0.15, 0.2) is 59.3 Å². The number of nitrogens with zero attached hydrogens (tertiary/aromatic N) is 3. The molecule has 0 saturated carbocycles. The summed E-state index contributed by atoms with van der Waals surface area (Å²) in [5.74, 6) is 1.15. The lowest BCUT2D eigenvalue weighted by Crippen LogP contribution is -2.28.